The lowest BCUT2D eigenvalue weighted by Crippen LogP contribution is -2.25. The molecule has 7 nitrogen and oxygen atoms in total. The number of aromatic hydroxyl groups is 1. The van der Waals surface area contributed by atoms with E-state index in [9.17, 15) is 19.8 Å². The molecule has 0 amide bonds. The molecule has 0 spiro atoms. The van der Waals surface area contributed by atoms with Crippen molar-refractivity contribution in [3.63, 3.8) is 0 Å². The van der Waals surface area contributed by atoms with Crippen LogP contribution in [-0.2, 0) is 11.2 Å². The molecular formula is C28H22O7. The topological polar surface area (TPSA) is 106 Å². The molecule has 0 aliphatic heterocycles. The SMILES string of the molecule is COc1ccc(C(C2=C(O)c3ccccc3CC2=O)c2c(O)c3ccccc3oc2=O)cc1OC. The van der Waals surface area contributed by atoms with Crippen LogP contribution >= 0.6 is 0 Å². The number of aliphatic hydroxyl groups excluding tert-OH is 1. The van der Waals surface area contributed by atoms with Crippen LogP contribution in [-0.4, -0.2) is 30.2 Å². The van der Waals surface area contributed by atoms with Gasteiger partial charge in [0, 0.05) is 12.0 Å². The van der Waals surface area contributed by atoms with Crippen LogP contribution in [0.4, 0.5) is 0 Å². The number of aliphatic hydroxyl groups is 1. The minimum absolute atomic E-state index is 0.00574. The Morgan fingerprint density at radius 1 is 0.886 bits per heavy atom. The Morgan fingerprint density at radius 2 is 1.60 bits per heavy atom. The van der Waals surface area contributed by atoms with Gasteiger partial charge >= 0.3 is 5.63 Å². The molecule has 5 rings (SSSR count). The predicted molar refractivity (Wildman–Crippen MR) is 130 cm³/mol. The molecule has 1 aromatic heterocycles. The number of methoxy groups -OCH3 is 2. The molecule has 1 atom stereocenters. The lowest BCUT2D eigenvalue weighted by molar-refractivity contribution is -0.115. The number of fused-ring (bicyclic) bond motifs is 2. The van der Waals surface area contributed by atoms with E-state index in [1.54, 1.807) is 66.7 Å². The van der Waals surface area contributed by atoms with Gasteiger partial charge < -0.3 is 24.1 Å². The number of hydrogen-bond acceptors (Lipinski definition) is 7. The number of carbonyl (C=O) groups excluding carboxylic acids is 1. The van der Waals surface area contributed by atoms with Gasteiger partial charge in [0.2, 0.25) is 0 Å². The molecular weight excluding hydrogens is 448 g/mol. The Kier molecular flexibility index (Phi) is 5.53. The average Bonchev–Trinajstić information content (AvgIpc) is 2.87. The predicted octanol–water partition coefficient (Wildman–Crippen LogP) is 4.74. The summed E-state index contributed by atoms with van der Waals surface area (Å²) in [6, 6.07) is 18.5. The summed E-state index contributed by atoms with van der Waals surface area (Å²) in [5.41, 5.74) is 0.863. The van der Waals surface area contributed by atoms with Gasteiger partial charge in [-0.2, -0.15) is 0 Å². The molecule has 0 fully saturated rings. The highest BCUT2D eigenvalue weighted by atomic mass is 16.5. The smallest absolute Gasteiger partial charge is 0.344 e. The maximum absolute atomic E-state index is 13.4. The van der Waals surface area contributed by atoms with Crippen molar-refractivity contribution in [3.05, 3.63) is 105 Å². The van der Waals surface area contributed by atoms with E-state index in [4.69, 9.17) is 13.9 Å². The molecule has 0 radical (unpaired) electrons. The van der Waals surface area contributed by atoms with Crippen molar-refractivity contribution in [2.75, 3.05) is 14.2 Å². The van der Waals surface area contributed by atoms with Gasteiger partial charge in [-0.3, -0.25) is 4.79 Å². The van der Waals surface area contributed by atoms with Crippen molar-refractivity contribution >= 4 is 22.5 Å². The third-order valence-electron chi connectivity index (χ3n) is 6.32. The summed E-state index contributed by atoms with van der Waals surface area (Å²) in [4.78, 5) is 26.7. The van der Waals surface area contributed by atoms with Crippen molar-refractivity contribution in [1.82, 2.24) is 0 Å². The summed E-state index contributed by atoms with van der Waals surface area (Å²) in [5, 5.41) is 22.9. The number of Topliss-reactive ketones (excluding diaryl/α,β-unsaturated/α-hetero) is 1. The third kappa shape index (κ3) is 3.61. The molecule has 1 aliphatic carbocycles. The normalized spacial score (nSPS) is 14.1. The molecule has 1 unspecified atom stereocenters. The van der Waals surface area contributed by atoms with Gasteiger partial charge in [0.05, 0.1) is 36.7 Å². The summed E-state index contributed by atoms with van der Waals surface area (Å²) < 4.78 is 16.3. The number of ether oxygens (including phenoxy) is 2. The Hall–Kier alpha value is -4.52. The van der Waals surface area contributed by atoms with Gasteiger partial charge in [0.15, 0.2) is 17.3 Å². The molecule has 7 heteroatoms. The second-order valence-electron chi connectivity index (χ2n) is 8.21. The highest BCUT2D eigenvalue weighted by Crippen LogP contribution is 2.44. The van der Waals surface area contributed by atoms with Crippen LogP contribution in [0.1, 0.15) is 28.2 Å². The number of benzene rings is 3. The summed E-state index contributed by atoms with van der Waals surface area (Å²) in [6.45, 7) is 0. The van der Waals surface area contributed by atoms with Crippen molar-refractivity contribution in [2.24, 2.45) is 0 Å². The van der Waals surface area contributed by atoms with Crippen molar-refractivity contribution < 1.29 is 28.9 Å². The third-order valence-corrected chi connectivity index (χ3v) is 6.32. The molecule has 0 bridgehead atoms. The summed E-state index contributed by atoms with van der Waals surface area (Å²) in [5.74, 6) is -1.25. The molecule has 4 aromatic rings. The monoisotopic (exact) mass is 470 g/mol. The van der Waals surface area contributed by atoms with Crippen molar-refractivity contribution in [3.8, 4) is 17.2 Å². The molecule has 1 heterocycles. The van der Waals surface area contributed by atoms with Crippen LogP contribution in [0.25, 0.3) is 16.7 Å². The van der Waals surface area contributed by atoms with Crippen molar-refractivity contribution in [2.45, 2.75) is 12.3 Å². The Balaban J connectivity index is 1.86. The minimum Gasteiger partial charge on any atom is -0.507 e. The molecule has 3 aromatic carbocycles. The molecule has 2 N–H and O–H groups in total. The molecule has 0 saturated carbocycles. The van der Waals surface area contributed by atoms with Crippen molar-refractivity contribution in [1.29, 1.82) is 0 Å². The fraction of sp³-hybridized carbons (Fsp3) is 0.143. The highest BCUT2D eigenvalue weighted by Gasteiger charge is 2.37. The van der Waals surface area contributed by atoms with Gasteiger partial charge in [-0.1, -0.05) is 42.5 Å². The van der Waals surface area contributed by atoms with Gasteiger partial charge in [-0.25, -0.2) is 4.79 Å². The second-order valence-corrected chi connectivity index (χ2v) is 8.21. The number of rotatable bonds is 5. The second kappa shape index (κ2) is 8.68. The number of para-hydroxylation sites is 1. The minimum atomic E-state index is -1.13. The van der Waals surface area contributed by atoms with E-state index in [1.165, 1.54) is 14.2 Å². The van der Waals surface area contributed by atoms with E-state index in [-0.39, 0.29) is 40.4 Å². The molecule has 35 heavy (non-hydrogen) atoms. The fourth-order valence-electron chi connectivity index (χ4n) is 4.66. The largest absolute Gasteiger partial charge is 0.507 e. The summed E-state index contributed by atoms with van der Waals surface area (Å²) >= 11 is 0. The quantitative estimate of drug-likeness (QED) is 0.406. The van der Waals surface area contributed by atoms with Crippen LogP contribution in [0.5, 0.6) is 17.2 Å². The molecule has 0 saturated heterocycles. The Labute approximate surface area is 200 Å². The zero-order valence-corrected chi connectivity index (χ0v) is 19.1. The van der Waals surface area contributed by atoms with Gasteiger partial charge in [-0.15, -0.1) is 0 Å². The average molecular weight is 470 g/mol. The Morgan fingerprint density at radius 3 is 2.37 bits per heavy atom. The first kappa shape index (κ1) is 22.3. The number of ketones is 1. The van der Waals surface area contributed by atoms with Gasteiger partial charge in [-0.05, 0) is 35.4 Å². The van der Waals surface area contributed by atoms with Crippen LogP contribution in [0.2, 0.25) is 0 Å². The number of allylic oxidation sites excluding steroid dienone is 1. The number of hydrogen-bond donors (Lipinski definition) is 2. The first-order chi connectivity index (χ1) is 16.9. The molecule has 176 valence electrons. The standard InChI is InChI=1S/C28H22O7/c1-33-21-12-11-16(14-22(21)34-2)23(24-19(29)13-15-7-3-4-8-17(15)26(24)30)25-27(31)18-9-5-6-10-20(18)35-28(25)32/h3-12,14,23,30-31H,13H2,1-2H3. The number of carbonyl (C=O) groups is 1. The van der Waals surface area contributed by atoms with Crippen LogP contribution in [0.15, 0.2) is 81.5 Å². The molecule has 1 aliphatic rings. The van der Waals surface area contributed by atoms with Crippen LogP contribution in [0, 0.1) is 0 Å². The van der Waals surface area contributed by atoms with E-state index in [0.29, 0.717) is 33.6 Å². The van der Waals surface area contributed by atoms with Gasteiger partial charge in [0.25, 0.3) is 0 Å². The van der Waals surface area contributed by atoms with E-state index in [1.807, 2.05) is 0 Å². The Bertz CT molecular complexity index is 1560. The highest BCUT2D eigenvalue weighted by molar-refractivity contribution is 6.07. The van der Waals surface area contributed by atoms with Crippen LogP contribution < -0.4 is 15.1 Å². The zero-order valence-electron chi connectivity index (χ0n) is 19.1. The first-order valence-corrected chi connectivity index (χ1v) is 11.0. The lowest BCUT2D eigenvalue weighted by Gasteiger charge is -2.26. The maximum Gasteiger partial charge on any atom is 0.344 e. The summed E-state index contributed by atoms with van der Waals surface area (Å²) in [6.07, 6.45) is 0.0407. The van der Waals surface area contributed by atoms with Crippen LogP contribution in [0.3, 0.4) is 0 Å². The first-order valence-electron chi connectivity index (χ1n) is 11.0. The van der Waals surface area contributed by atoms with E-state index >= 15 is 0 Å². The summed E-state index contributed by atoms with van der Waals surface area (Å²) in [7, 11) is 2.96. The van der Waals surface area contributed by atoms with E-state index < -0.39 is 11.5 Å². The maximum atomic E-state index is 13.4. The fourth-order valence-corrected chi connectivity index (χ4v) is 4.66. The zero-order chi connectivity index (χ0) is 24.7. The van der Waals surface area contributed by atoms with Gasteiger partial charge in [0.1, 0.15) is 17.1 Å². The lowest BCUT2D eigenvalue weighted by atomic mass is 9.77. The van der Waals surface area contributed by atoms with E-state index in [0.717, 1.165) is 0 Å². The van der Waals surface area contributed by atoms with E-state index in [2.05, 4.69) is 0 Å².